The zero-order valence-corrected chi connectivity index (χ0v) is 5.50. The second-order valence-electron chi connectivity index (χ2n) is 0.638. The molecule has 0 heterocycles. The zero-order valence-electron chi connectivity index (χ0n) is 3.05. The van der Waals surface area contributed by atoms with Gasteiger partial charge < -0.3 is 0 Å². The lowest BCUT2D eigenvalue weighted by molar-refractivity contribution is 0.202. The number of halogens is 1. The Balaban J connectivity index is 3.57. The Labute approximate surface area is 47.0 Å². The fourth-order valence-electron chi connectivity index (χ4n) is 0. The predicted molar refractivity (Wildman–Crippen MR) is 31.0 cm³/mol. The van der Waals surface area contributed by atoms with Crippen LogP contribution < -0.4 is 0 Å². The van der Waals surface area contributed by atoms with Crippen molar-refractivity contribution in [3.63, 3.8) is 0 Å². The van der Waals surface area contributed by atoms with E-state index in [1.54, 1.807) is 0 Å². The molecule has 5 heteroatoms. The first-order valence-electron chi connectivity index (χ1n) is 1.13. The third-order valence-corrected chi connectivity index (χ3v) is 1.85. The molecule has 0 fully saturated rings. The van der Waals surface area contributed by atoms with Gasteiger partial charge in [-0.25, -0.2) is 26.9 Å². The minimum Gasteiger partial charge on any atom is -0.252 e. The first kappa shape index (κ1) is 6.68. The van der Waals surface area contributed by atoms with Crippen LogP contribution in [0.15, 0.2) is 0 Å². The van der Waals surface area contributed by atoms with E-state index >= 15 is 0 Å². The first-order chi connectivity index (χ1) is 2.64. The fraction of sp³-hybridized carbons (Fsp3) is 1.00. The normalized spacial score (nSPS) is 10.7. The summed E-state index contributed by atoms with van der Waals surface area (Å²) in [5.41, 5.74) is 0. The molecule has 0 aliphatic carbocycles. The van der Waals surface area contributed by atoms with Gasteiger partial charge in [0, 0.05) is 0 Å². The molecule has 0 bridgehead atoms. The van der Waals surface area contributed by atoms with Crippen molar-refractivity contribution in [2.24, 2.45) is 0 Å². The molecule has 0 saturated carbocycles. The molecule has 0 spiro atoms. The second kappa shape index (κ2) is 2.79. The summed E-state index contributed by atoms with van der Waals surface area (Å²) in [5.74, 6) is 0. The summed E-state index contributed by atoms with van der Waals surface area (Å²) >= 11 is 8.59. The van der Waals surface area contributed by atoms with Crippen molar-refractivity contribution in [2.75, 3.05) is 7.05 Å². The number of hydrogen-bond acceptors (Lipinski definition) is 3. The number of rotatable bonds is 1. The van der Waals surface area contributed by atoms with Crippen LogP contribution in [0.5, 0.6) is 0 Å². The van der Waals surface area contributed by atoms with Gasteiger partial charge in [-0.05, 0) is 7.05 Å². The lowest BCUT2D eigenvalue weighted by Gasteiger charge is -2.05. The van der Waals surface area contributed by atoms with Crippen LogP contribution in [-0.4, -0.2) is 11.6 Å². The largest absolute Gasteiger partial charge is 0.252 e. The highest BCUT2D eigenvalue weighted by molar-refractivity contribution is 8.45. The van der Waals surface area contributed by atoms with Crippen LogP contribution in [-0.2, 0) is 30.6 Å². The molecule has 0 N–H and O–H groups in total. The van der Waals surface area contributed by atoms with Gasteiger partial charge in [-0.1, -0.05) is 0 Å². The Morgan fingerprint density at radius 1 is 1.67 bits per heavy atom. The van der Waals surface area contributed by atoms with Crippen molar-refractivity contribution in [3.8, 4) is 0 Å². The van der Waals surface area contributed by atoms with E-state index in [0.29, 0.717) is 4.53 Å². The molecule has 0 aromatic rings. The molecule has 0 saturated heterocycles. The van der Waals surface area contributed by atoms with Crippen molar-refractivity contribution >= 4 is 30.6 Å². The summed E-state index contributed by atoms with van der Waals surface area (Å²) in [6.07, 6.45) is 0. The van der Waals surface area contributed by atoms with Crippen LogP contribution in [0, 0.1) is 0 Å². The van der Waals surface area contributed by atoms with Gasteiger partial charge in [-0.2, -0.15) is 4.48 Å². The van der Waals surface area contributed by atoms with Gasteiger partial charge in [0.25, 0.3) is 0 Å². The first-order valence-corrected chi connectivity index (χ1v) is 4.16. The molecule has 0 aliphatic rings. The van der Waals surface area contributed by atoms with Crippen LogP contribution in [0.25, 0.3) is 0 Å². The summed E-state index contributed by atoms with van der Waals surface area (Å²) in [7, 11) is 0.177. The van der Waals surface area contributed by atoms with Gasteiger partial charge in [0.1, 0.15) is 0 Å². The summed E-state index contributed by atoms with van der Waals surface area (Å²) in [4.78, 5) is 0. The van der Waals surface area contributed by atoms with E-state index in [2.05, 4.69) is 22.4 Å². The van der Waals surface area contributed by atoms with Crippen LogP contribution in [0.1, 0.15) is 0 Å². The smallest absolute Gasteiger partial charge is 0.00320 e. The van der Waals surface area contributed by atoms with Crippen molar-refractivity contribution in [1.82, 2.24) is 4.53 Å². The van der Waals surface area contributed by atoms with E-state index in [9.17, 15) is 4.48 Å². The Morgan fingerprint density at radius 2 is 1.83 bits per heavy atom. The van der Waals surface area contributed by atoms with Crippen molar-refractivity contribution in [3.05, 3.63) is 0 Å². The predicted octanol–water partition coefficient (Wildman–Crippen LogP) is 0.260. The summed E-state index contributed by atoms with van der Waals surface area (Å²) in [6, 6.07) is 0. The van der Waals surface area contributed by atoms with E-state index < -0.39 is 8.20 Å². The van der Waals surface area contributed by atoms with Crippen LogP contribution in [0.2, 0.25) is 0 Å². The van der Waals surface area contributed by atoms with Gasteiger partial charge in [-0.15, -0.1) is 0 Å². The van der Waals surface area contributed by atoms with E-state index in [0.717, 1.165) is 0 Å². The molecule has 0 atom stereocenters. The third-order valence-electron chi connectivity index (χ3n) is 0.205. The molecule has 0 aliphatic heterocycles. The molecule has 0 unspecified atom stereocenters. The van der Waals surface area contributed by atoms with E-state index in [1.807, 2.05) is 0 Å². The molecule has 6 heavy (non-hydrogen) atoms. The van der Waals surface area contributed by atoms with Gasteiger partial charge in [-0.3, -0.25) is 8.20 Å². The van der Waals surface area contributed by atoms with Gasteiger partial charge in [0.05, 0.1) is 0 Å². The maximum Gasteiger partial charge on any atom is -0.00320 e. The van der Waals surface area contributed by atoms with Gasteiger partial charge in [0.2, 0.25) is 0 Å². The molecular weight excluding hydrogens is 141 g/mol. The van der Waals surface area contributed by atoms with Crippen molar-refractivity contribution in [1.29, 1.82) is 0 Å². The fourth-order valence-corrected chi connectivity index (χ4v) is 0. The maximum atomic E-state index is 11.5. The average molecular weight is 144 g/mol. The SMILES string of the molecule is CN(F)[S-](=S)=S. The molecule has 0 aromatic carbocycles. The van der Waals surface area contributed by atoms with Crippen LogP contribution >= 0.6 is 0 Å². The van der Waals surface area contributed by atoms with E-state index in [1.165, 1.54) is 7.05 Å². The second-order valence-corrected chi connectivity index (χ2v) is 4.10. The Morgan fingerprint density at radius 3 is 1.83 bits per heavy atom. The maximum absolute atomic E-state index is 11.5. The summed E-state index contributed by atoms with van der Waals surface area (Å²) in [5, 5.41) is 0. The van der Waals surface area contributed by atoms with E-state index in [4.69, 9.17) is 0 Å². The highest BCUT2D eigenvalue weighted by atomic mass is 33.1. The summed E-state index contributed by atoms with van der Waals surface area (Å²) < 4.78 is 11.8. The molecule has 38 valence electrons. The molecule has 0 aromatic heterocycles. The van der Waals surface area contributed by atoms with Crippen molar-refractivity contribution < 1.29 is 4.48 Å². The van der Waals surface area contributed by atoms with E-state index in [-0.39, 0.29) is 0 Å². The minimum absolute atomic E-state index is 0.324. The molecule has 0 amide bonds. The van der Waals surface area contributed by atoms with Gasteiger partial charge >= 0.3 is 0 Å². The van der Waals surface area contributed by atoms with Crippen molar-refractivity contribution in [2.45, 2.75) is 0 Å². The molecule has 0 rings (SSSR count). The Bertz CT molecular complexity index is 87.0. The van der Waals surface area contributed by atoms with Crippen LogP contribution in [0.4, 0.5) is 4.48 Å². The third kappa shape index (κ3) is 2.89. The highest BCUT2D eigenvalue weighted by Crippen LogP contribution is 1.77. The lowest BCUT2D eigenvalue weighted by Crippen LogP contribution is -1.98. The number of hydrogen-bond donors (Lipinski definition) is 0. The molecular formula is CH3FNS3-. The Kier molecular flexibility index (Phi) is 3.10. The average Bonchev–Trinajstić information content (AvgIpc) is 1.36. The molecule has 0 radical (unpaired) electrons. The zero-order chi connectivity index (χ0) is 5.15. The van der Waals surface area contributed by atoms with Crippen LogP contribution in [0.3, 0.4) is 0 Å². The minimum atomic E-state index is -1.03. The summed E-state index contributed by atoms with van der Waals surface area (Å²) in [6.45, 7) is 0. The quantitative estimate of drug-likeness (QED) is 0.384. The number of nitrogens with zero attached hydrogens (tertiary/aromatic N) is 1. The highest BCUT2D eigenvalue weighted by Gasteiger charge is 1.66. The standard InChI is InChI=1S/CH3FNS3/c1-3(2)6(4)5/h1H3/q-1. The topological polar surface area (TPSA) is 3.24 Å². The van der Waals surface area contributed by atoms with Gasteiger partial charge in [0.15, 0.2) is 0 Å². The molecule has 1 nitrogen and oxygen atoms in total. The Hall–Kier alpha value is 0.680. The monoisotopic (exact) mass is 144 g/mol. The lowest BCUT2D eigenvalue weighted by atomic mass is 11.6.